The summed E-state index contributed by atoms with van der Waals surface area (Å²) in [5.41, 5.74) is -4.03. The second-order valence-electron chi connectivity index (χ2n) is 6.44. The number of nitrogens with zero attached hydrogens (tertiary/aromatic N) is 1. The zero-order valence-electron chi connectivity index (χ0n) is 13.8. The number of alkyl halides is 6. The summed E-state index contributed by atoms with van der Waals surface area (Å²) in [6.45, 7) is 0.561. The van der Waals surface area contributed by atoms with Gasteiger partial charge in [0.1, 0.15) is 5.69 Å². The smallest absolute Gasteiger partial charge is 0.387 e. The fourth-order valence-corrected chi connectivity index (χ4v) is 3.51. The molecule has 2 heterocycles. The van der Waals surface area contributed by atoms with Crippen molar-refractivity contribution in [2.75, 3.05) is 6.54 Å². The van der Waals surface area contributed by atoms with Crippen molar-refractivity contribution < 1.29 is 31.4 Å². The molecule has 0 radical (unpaired) electrons. The number of benzene rings is 1. The number of fused-ring (bicyclic) bond motifs is 1. The van der Waals surface area contributed by atoms with Crippen molar-refractivity contribution in [2.45, 2.75) is 43.8 Å². The average Bonchev–Trinajstić information content (AvgIpc) is 2.58. The third kappa shape index (κ3) is 4.14. The Balaban J connectivity index is 2.28. The highest BCUT2D eigenvalue weighted by Crippen LogP contribution is 2.41. The standard InChI is InChI=1S/C17H15ClF6N2O/c18-8-5-9-10(15(27)12-3-1-2-4-25-12)7-13(17(22,23)24)26-14(9)11(6-8)16(19,20)21/h5-7,12,15,25,27H,1-4H2. The number of nitrogens with one attached hydrogen (secondary N) is 1. The van der Waals surface area contributed by atoms with Crippen LogP contribution in [0.2, 0.25) is 5.02 Å². The van der Waals surface area contributed by atoms with Gasteiger partial charge in [0.05, 0.1) is 17.2 Å². The molecule has 148 valence electrons. The second kappa shape index (κ2) is 7.10. The number of aromatic nitrogens is 1. The quantitative estimate of drug-likeness (QED) is 0.674. The van der Waals surface area contributed by atoms with Crippen LogP contribution in [0.25, 0.3) is 10.9 Å². The molecule has 1 saturated heterocycles. The monoisotopic (exact) mass is 412 g/mol. The Kier molecular flexibility index (Phi) is 5.31. The predicted octanol–water partition coefficient (Wildman–Crippen LogP) is 5.10. The fourth-order valence-electron chi connectivity index (χ4n) is 3.29. The summed E-state index contributed by atoms with van der Waals surface area (Å²) in [6, 6.07) is 1.66. The first kappa shape index (κ1) is 20.2. The lowest BCUT2D eigenvalue weighted by Crippen LogP contribution is -2.39. The Morgan fingerprint density at radius 2 is 1.78 bits per heavy atom. The van der Waals surface area contributed by atoms with Gasteiger partial charge in [-0.25, -0.2) is 4.98 Å². The molecule has 3 rings (SSSR count). The molecule has 2 aromatic rings. The van der Waals surface area contributed by atoms with E-state index in [2.05, 4.69) is 10.3 Å². The Labute approximate surface area is 155 Å². The molecular formula is C17H15ClF6N2O. The molecule has 0 bridgehead atoms. The summed E-state index contributed by atoms with van der Waals surface area (Å²) in [5.74, 6) is 0. The molecule has 3 nitrogen and oxygen atoms in total. The number of hydrogen-bond acceptors (Lipinski definition) is 3. The maximum absolute atomic E-state index is 13.4. The van der Waals surface area contributed by atoms with Gasteiger partial charge in [0, 0.05) is 16.5 Å². The van der Waals surface area contributed by atoms with Gasteiger partial charge in [0.2, 0.25) is 0 Å². The molecule has 0 amide bonds. The third-order valence-corrected chi connectivity index (χ3v) is 4.77. The van der Waals surface area contributed by atoms with Crippen molar-refractivity contribution >= 4 is 22.5 Å². The van der Waals surface area contributed by atoms with E-state index in [0.717, 1.165) is 18.9 Å². The van der Waals surface area contributed by atoms with E-state index in [0.29, 0.717) is 25.1 Å². The molecule has 1 aliphatic heterocycles. The van der Waals surface area contributed by atoms with Gasteiger partial charge >= 0.3 is 12.4 Å². The van der Waals surface area contributed by atoms with Crippen LogP contribution >= 0.6 is 11.6 Å². The summed E-state index contributed by atoms with van der Waals surface area (Å²) >= 11 is 5.77. The van der Waals surface area contributed by atoms with Crippen LogP contribution < -0.4 is 5.32 Å². The molecular weight excluding hydrogens is 398 g/mol. The van der Waals surface area contributed by atoms with Crippen molar-refractivity contribution in [3.05, 3.63) is 40.0 Å². The first-order chi connectivity index (χ1) is 12.5. The number of aliphatic hydroxyl groups excluding tert-OH is 1. The van der Waals surface area contributed by atoms with Crippen molar-refractivity contribution in [3.8, 4) is 0 Å². The van der Waals surface area contributed by atoms with Crippen LogP contribution in [0.4, 0.5) is 26.3 Å². The highest BCUT2D eigenvalue weighted by molar-refractivity contribution is 6.31. The van der Waals surface area contributed by atoms with Gasteiger partial charge < -0.3 is 10.4 Å². The van der Waals surface area contributed by atoms with Crippen molar-refractivity contribution in [1.82, 2.24) is 10.3 Å². The second-order valence-corrected chi connectivity index (χ2v) is 6.88. The van der Waals surface area contributed by atoms with Gasteiger partial charge in [0.15, 0.2) is 0 Å². The number of rotatable bonds is 2. The van der Waals surface area contributed by atoms with Crippen LogP contribution in [-0.4, -0.2) is 22.7 Å². The van der Waals surface area contributed by atoms with Gasteiger partial charge in [-0.3, -0.25) is 0 Å². The van der Waals surface area contributed by atoms with Crippen LogP contribution in [0, 0.1) is 0 Å². The highest BCUT2D eigenvalue weighted by atomic mass is 35.5. The molecule has 0 saturated carbocycles. The van der Waals surface area contributed by atoms with E-state index in [9.17, 15) is 31.4 Å². The molecule has 2 N–H and O–H groups in total. The summed E-state index contributed by atoms with van der Waals surface area (Å²) < 4.78 is 79.8. The van der Waals surface area contributed by atoms with E-state index in [1.165, 1.54) is 0 Å². The van der Waals surface area contributed by atoms with Gasteiger partial charge in [-0.05, 0) is 43.1 Å². The maximum atomic E-state index is 13.4. The number of pyridine rings is 1. The summed E-state index contributed by atoms with van der Waals surface area (Å²) in [4.78, 5) is 3.21. The van der Waals surface area contributed by atoms with Gasteiger partial charge in [-0.2, -0.15) is 26.3 Å². The van der Waals surface area contributed by atoms with E-state index in [1.54, 1.807) is 0 Å². The minimum atomic E-state index is -4.97. The van der Waals surface area contributed by atoms with Crippen LogP contribution in [0.5, 0.6) is 0 Å². The van der Waals surface area contributed by atoms with E-state index in [4.69, 9.17) is 11.6 Å². The van der Waals surface area contributed by atoms with E-state index in [-0.39, 0.29) is 16.0 Å². The maximum Gasteiger partial charge on any atom is 0.433 e. The Morgan fingerprint density at radius 1 is 1.07 bits per heavy atom. The average molecular weight is 413 g/mol. The zero-order valence-corrected chi connectivity index (χ0v) is 14.5. The van der Waals surface area contributed by atoms with Crippen molar-refractivity contribution in [2.24, 2.45) is 0 Å². The van der Waals surface area contributed by atoms with Crippen LogP contribution in [-0.2, 0) is 12.4 Å². The predicted molar refractivity (Wildman–Crippen MR) is 87.4 cm³/mol. The lowest BCUT2D eigenvalue weighted by atomic mass is 9.91. The molecule has 0 spiro atoms. The zero-order chi connectivity index (χ0) is 20.0. The highest BCUT2D eigenvalue weighted by Gasteiger charge is 2.39. The molecule has 27 heavy (non-hydrogen) atoms. The molecule has 1 aromatic heterocycles. The topological polar surface area (TPSA) is 45.2 Å². The van der Waals surface area contributed by atoms with Crippen molar-refractivity contribution in [3.63, 3.8) is 0 Å². The Hall–Kier alpha value is -1.58. The summed E-state index contributed by atoms with van der Waals surface area (Å²) in [6.07, 6.45) is -9.27. The first-order valence-corrected chi connectivity index (χ1v) is 8.56. The molecule has 1 aliphatic rings. The SMILES string of the molecule is OC(c1cc(C(F)(F)F)nc2c(C(F)(F)F)cc(Cl)cc12)C1CCCCN1. The first-order valence-electron chi connectivity index (χ1n) is 8.18. The van der Waals surface area contributed by atoms with Gasteiger partial charge in [0.25, 0.3) is 0 Å². The number of aliphatic hydroxyl groups is 1. The largest absolute Gasteiger partial charge is 0.433 e. The lowest BCUT2D eigenvalue weighted by molar-refractivity contribution is -0.142. The molecule has 10 heteroatoms. The van der Waals surface area contributed by atoms with E-state index < -0.39 is 41.3 Å². The number of hydrogen-bond donors (Lipinski definition) is 2. The van der Waals surface area contributed by atoms with Gasteiger partial charge in [-0.1, -0.05) is 18.0 Å². The van der Waals surface area contributed by atoms with Crippen molar-refractivity contribution in [1.29, 1.82) is 0 Å². The number of piperidine rings is 1. The fraction of sp³-hybridized carbons (Fsp3) is 0.471. The number of halogens is 7. The van der Waals surface area contributed by atoms with E-state index >= 15 is 0 Å². The molecule has 1 fully saturated rings. The Morgan fingerprint density at radius 3 is 2.33 bits per heavy atom. The van der Waals surface area contributed by atoms with E-state index in [1.807, 2.05) is 0 Å². The normalized spacial score (nSPS) is 20.1. The third-order valence-electron chi connectivity index (χ3n) is 4.55. The summed E-state index contributed by atoms with van der Waals surface area (Å²) in [5, 5.41) is 13.1. The lowest BCUT2D eigenvalue weighted by Gasteiger charge is -2.29. The minimum Gasteiger partial charge on any atom is -0.387 e. The molecule has 2 atom stereocenters. The molecule has 1 aromatic carbocycles. The van der Waals surface area contributed by atoms with Crippen LogP contribution in [0.3, 0.4) is 0 Å². The van der Waals surface area contributed by atoms with Gasteiger partial charge in [-0.15, -0.1) is 0 Å². The Bertz CT molecular complexity index is 846. The van der Waals surface area contributed by atoms with Crippen LogP contribution in [0.1, 0.15) is 42.2 Å². The summed E-state index contributed by atoms with van der Waals surface area (Å²) in [7, 11) is 0. The molecule has 2 unspecified atom stereocenters. The van der Waals surface area contributed by atoms with Crippen LogP contribution in [0.15, 0.2) is 18.2 Å². The minimum absolute atomic E-state index is 0.248. The molecule has 0 aliphatic carbocycles.